The van der Waals surface area contributed by atoms with E-state index in [9.17, 15) is 4.39 Å². The van der Waals surface area contributed by atoms with Crippen molar-refractivity contribution in [3.8, 4) is 0 Å². The van der Waals surface area contributed by atoms with E-state index in [1.807, 2.05) is 26.1 Å². The summed E-state index contributed by atoms with van der Waals surface area (Å²) in [7, 11) is 1.96. The minimum Gasteiger partial charge on any atom is -0.318 e. The fourth-order valence-electron chi connectivity index (χ4n) is 2.13. The molecule has 0 heterocycles. The van der Waals surface area contributed by atoms with Gasteiger partial charge in [0.05, 0.1) is 0 Å². The molecule has 1 rings (SSSR count). The maximum atomic E-state index is 13.3. The van der Waals surface area contributed by atoms with Gasteiger partial charge in [-0.2, -0.15) is 0 Å². The molecule has 0 aliphatic carbocycles. The van der Waals surface area contributed by atoms with E-state index in [-0.39, 0.29) is 16.8 Å². The van der Waals surface area contributed by atoms with E-state index < -0.39 is 0 Å². The van der Waals surface area contributed by atoms with Gasteiger partial charge in [-0.15, -0.1) is 0 Å². The van der Waals surface area contributed by atoms with Crippen molar-refractivity contribution in [3.05, 3.63) is 35.1 Å². The molecule has 0 bridgehead atoms. The van der Waals surface area contributed by atoms with Crippen LogP contribution in [0.2, 0.25) is 0 Å². The molecule has 0 aliphatic heterocycles. The van der Waals surface area contributed by atoms with Crippen LogP contribution in [0.4, 0.5) is 4.39 Å². The number of halogens is 1. The first kappa shape index (κ1) is 16.1. The van der Waals surface area contributed by atoms with Crippen molar-refractivity contribution in [2.45, 2.75) is 45.6 Å². The van der Waals surface area contributed by atoms with E-state index in [1.54, 1.807) is 6.07 Å². The van der Waals surface area contributed by atoms with Gasteiger partial charge in [0, 0.05) is 24.0 Å². The molecule has 0 unspecified atom stereocenters. The summed E-state index contributed by atoms with van der Waals surface area (Å²) in [5.74, 6) is -0.136. The van der Waals surface area contributed by atoms with Gasteiger partial charge in [-0.1, -0.05) is 26.0 Å². The number of rotatable bonds is 6. The first-order chi connectivity index (χ1) is 8.68. The lowest BCUT2D eigenvalue weighted by atomic mass is 9.83. The van der Waals surface area contributed by atoms with Crippen LogP contribution in [0.3, 0.4) is 0 Å². The Hall–Kier alpha value is -0.930. The van der Waals surface area contributed by atoms with E-state index in [0.717, 1.165) is 13.1 Å². The molecular formula is C16H27FN2. The molecule has 0 aromatic heterocycles. The summed E-state index contributed by atoms with van der Waals surface area (Å²) >= 11 is 0. The summed E-state index contributed by atoms with van der Waals surface area (Å²) in [6, 6.07) is 5.39. The summed E-state index contributed by atoms with van der Waals surface area (Å²) in [4.78, 5) is 0. The SMILES string of the molecule is CNCC(C)(C)NCC(C)(C)c1ccc(F)c(C)c1. The summed E-state index contributed by atoms with van der Waals surface area (Å²) in [6.45, 7) is 12.3. The molecular weight excluding hydrogens is 239 g/mol. The zero-order chi connectivity index (χ0) is 14.7. The van der Waals surface area contributed by atoms with Crippen molar-refractivity contribution in [2.75, 3.05) is 20.1 Å². The highest BCUT2D eigenvalue weighted by atomic mass is 19.1. The lowest BCUT2D eigenvalue weighted by Gasteiger charge is -2.33. The third-order valence-corrected chi connectivity index (χ3v) is 3.57. The van der Waals surface area contributed by atoms with Crippen LogP contribution in [0.15, 0.2) is 18.2 Å². The molecule has 0 amide bonds. The molecule has 19 heavy (non-hydrogen) atoms. The zero-order valence-electron chi connectivity index (χ0n) is 13.0. The number of hydrogen-bond acceptors (Lipinski definition) is 2. The number of nitrogens with one attached hydrogen (secondary N) is 2. The first-order valence-corrected chi connectivity index (χ1v) is 6.84. The van der Waals surface area contributed by atoms with Gasteiger partial charge < -0.3 is 10.6 Å². The van der Waals surface area contributed by atoms with E-state index in [4.69, 9.17) is 0 Å². The van der Waals surface area contributed by atoms with Crippen molar-refractivity contribution in [1.29, 1.82) is 0 Å². The molecule has 0 spiro atoms. The molecule has 0 saturated carbocycles. The smallest absolute Gasteiger partial charge is 0.126 e. The summed E-state index contributed by atoms with van der Waals surface area (Å²) in [5, 5.41) is 6.76. The highest BCUT2D eigenvalue weighted by Crippen LogP contribution is 2.25. The second kappa shape index (κ2) is 6.02. The lowest BCUT2D eigenvalue weighted by Crippen LogP contribution is -2.50. The van der Waals surface area contributed by atoms with E-state index in [0.29, 0.717) is 5.56 Å². The Morgan fingerprint density at radius 3 is 2.26 bits per heavy atom. The summed E-state index contributed by atoms with van der Waals surface area (Å²) in [6.07, 6.45) is 0. The Bertz CT molecular complexity index is 425. The third-order valence-electron chi connectivity index (χ3n) is 3.57. The molecule has 0 fully saturated rings. The zero-order valence-corrected chi connectivity index (χ0v) is 13.0. The molecule has 2 nitrogen and oxygen atoms in total. The van der Waals surface area contributed by atoms with Crippen LogP contribution >= 0.6 is 0 Å². The molecule has 2 N–H and O–H groups in total. The van der Waals surface area contributed by atoms with Crippen molar-refractivity contribution >= 4 is 0 Å². The average molecular weight is 266 g/mol. The summed E-state index contributed by atoms with van der Waals surface area (Å²) in [5.41, 5.74) is 1.89. The van der Waals surface area contributed by atoms with Crippen LogP contribution in [0.25, 0.3) is 0 Å². The van der Waals surface area contributed by atoms with Gasteiger partial charge in [0.1, 0.15) is 5.82 Å². The molecule has 0 saturated heterocycles. The fourth-order valence-corrected chi connectivity index (χ4v) is 2.13. The Kier molecular flexibility index (Phi) is 5.11. The minimum atomic E-state index is -0.136. The topological polar surface area (TPSA) is 24.1 Å². The van der Waals surface area contributed by atoms with Crippen LogP contribution in [0.1, 0.15) is 38.8 Å². The van der Waals surface area contributed by atoms with Crippen LogP contribution < -0.4 is 10.6 Å². The third kappa shape index (κ3) is 4.59. The monoisotopic (exact) mass is 266 g/mol. The highest BCUT2D eigenvalue weighted by molar-refractivity contribution is 5.30. The second-order valence-corrected chi connectivity index (χ2v) is 6.62. The maximum Gasteiger partial charge on any atom is 0.126 e. The predicted molar refractivity (Wildman–Crippen MR) is 80.2 cm³/mol. The minimum absolute atomic E-state index is 0.0243. The maximum absolute atomic E-state index is 13.3. The number of likely N-dealkylation sites (N-methyl/N-ethyl adjacent to an activating group) is 1. The van der Waals surface area contributed by atoms with Crippen molar-refractivity contribution in [2.24, 2.45) is 0 Å². The van der Waals surface area contributed by atoms with Crippen LogP contribution in [-0.2, 0) is 5.41 Å². The normalized spacial score (nSPS) is 12.8. The van der Waals surface area contributed by atoms with E-state index >= 15 is 0 Å². The summed E-state index contributed by atoms with van der Waals surface area (Å²) < 4.78 is 13.3. The number of benzene rings is 1. The lowest BCUT2D eigenvalue weighted by molar-refractivity contribution is 0.332. The highest BCUT2D eigenvalue weighted by Gasteiger charge is 2.25. The fraction of sp³-hybridized carbons (Fsp3) is 0.625. The van der Waals surface area contributed by atoms with Gasteiger partial charge in [-0.05, 0) is 45.0 Å². The largest absolute Gasteiger partial charge is 0.318 e. The molecule has 108 valence electrons. The standard InChI is InChI=1S/C16H27FN2/c1-12-9-13(7-8-14(12)17)15(2,3)10-19-16(4,5)11-18-6/h7-9,18-19H,10-11H2,1-6H3. The van der Waals surface area contributed by atoms with Crippen LogP contribution in [0.5, 0.6) is 0 Å². The van der Waals surface area contributed by atoms with Crippen LogP contribution in [-0.4, -0.2) is 25.7 Å². The van der Waals surface area contributed by atoms with Gasteiger partial charge in [0.15, 0.2) is 0 Å². The molecule has 0 radical (unpaired) electrons. The van der Waals surface area contributed by atoms with Crippen molar-refractivity contribution in [1.82, 2.24) is 10.6 Å². The molecule has 3 heteroatoms. The van der Waals surface area contributed by atoms with Gasteiger partial charge >= 0.3 is 0 Å². The van der Waals surface area contributed by atoms with Gasteiger partial charge in [0.25, 0.3) is 0 Å². The Labute approximate surface area is 116 Å². The van der Waals surface area contributed by atoms with Gasteiger partial charge in [0.2, 0.25) is 0 Å². The van der Waals surface area contributed by atoms with Gasteiger partial charge in [-0.3, -0.25) is 0 Å². The predicted octanol–water partition coefficient (Wildman–Crippen LogP) is 3.00. The quantitative estimate of drug-likeness (QED) is 0.827. The number of aryl methyl sites for hydroxylation is 1. The second-order valence-electron chi connectivity index (χ2n) is 6.62. The van der Waals surface area contributed by atoms with Gasteiger partial charge in [-0.25, -0.2) is 4.39 Å². The average Bonchev–Trinajstić information content (AvgIpc) is 2.30. The molecule has 1 aromatic carbocycles. The van der Waals surface area contributed by atoms with Crippen LogP contribution in [0, 0.1) is 12.7 Å². The number of hydrogen-bond donors (Lipinski definition) is 2. The Balaban J connectivity index is 2.77. The van der Waals surface area contributed by atoms with E-state index in [1.165, 1.54) is 5.56 Å². The Morgan fingerprint density at radius 1 is 1.11 bits per heavy atom. The Morgan fingerprint density at radius 2 is 1.74 bits per heavy atom. The van der Waals surface area contributed by atoms with Crippen molar-refractivity contribution < 1.29 is 4.39 Å². The first-order valence-electron chi connectivity index (χ1n) is 6.84. The molecule has 0 atom stereocenters. The molecule has 0 aliphatic rings. The molecule has 1 aromatic rings. The van der Waals surface area contributed by atoms with E-state index in [2.05, 4.69) is 38.3 Å². The van der Waals surface area contributed by atoms with Crippen molar-refractivity contribution in [3.63, 3.8) is 0 Å².